The van der Waals surface area contributed by atoms with Crippen molar-refractivity contribution in [3.8, 4) is 0 Å². The quantitative estimate of drug-likeness (QED) is 0.714. The van der Waals surface area contributed by atoms with Gasteiger partial charge in [-0.1, -0.05) is 41.4 Å². The Morgan fingerprint density at radius 3 is 2.50 bits per heavy atom. The van der Waals surface area contributed by atoms with E-state index < -0.39 is 15.9 Å². The molecule has 2 aromatic carbocycles. The molecule has 0 heterocycles. The van der Waals surface area contributed by atoms with E-state index in [1.807, 2.05) is 6.92 Å². The predicted octanol–water partition coefficient (Wildman–Crippen LogP) is 1.95. The van der Waals surface area contributed by atoms with Crippen LogP contribution in [-0.4, -0.2) is 43.4 Å². The maximum Gasteiger partial charge on any atom is 0.243 e. The Labute approximate surface area is 158 Å². The van der Waals surface area contributed by atoms with Crippen molar-refractivity contribution >= 4 is 27.5 Å². The van der Waals surface area contributed by atoms with Gasteiger partial charge in [0.25, 0.3) is 0 Å². The standard InChI is InChI=1S/C18H21ClN2O4S/c1-14-5-7-17(8-6-14)26(24,25)21(13-18(23)20-9-10-22)12-15-3-2-4-16(19)11-15/h2-8,11,22H,9-10,12-13H2,1H3,(H,20,23). The van der Waals surface area contributed by atoms with Crippen LogP contribution in [0.1, 0.15) is 11.1 Å². The Bertz CT molecular complexity index is 854. The zero-order chi connectivity index (χ0) is 19.2. The maximum absolute atomic E-state index is 13.0. The molecule has 1 amide bonds. The van der Waals surface area contributed by atoms with Crippen LogP contribution in [0, 0.1) is 6.92 Å². The highest BCUT2D eigenvalue weighted by atomic mass is 35.5. The molecule has 0 bridgehead atoms. The number of hydrogen-bond acceptors (Lipinski definition) is 4. The molecule has 0 unspecified atom stereocenters. The molecule has 0 aliphatic rings. The van der Waals surface area contributed by atoms with Gasteiger partial charge in [0.05, 0.1) is 18.0 Å². The molecule has 26 heavy (non-hydrogen) atoms. The first-order valence-corrected chi connectivity index (χ1v) is 9.83. The van der Waals surface area contributed by atoms with E-state index in [1.165, 1.54) is 12.1 Å². The van der Waals surface area contributed by atoms with E-state index >= 15 is 0 Å². The number of hydrogen-bond donors (Lipinski definition) is 2. The second-order valence-electron chi connectivity index (χ2n) is 5.79. The fourth-order valence-electron chi connectivity index (χ4n) is 2.34. The van der Waals surface area contributed by atoms with E-state index in [2.05, 4.69) is 5.32 Å². The molecule has 2 rings (SSSR count). The van der Waals surface area contributed by atoms with E-state index in [0.29, 0.717) is 10.6 Å². The third-order valence-electron chi connectivity index (χ3n) is 3.66. The van der Waals surface area contributed by atoms with Gasteiger partial charge in [-0.2, -0.15) is 4.31 Å². The van der Waals surface area contributed by atoms with Crippen molar-refractivity contribution in [1.29, 1.82) is 0 Å². The van der Waals surface area contributed by atoms with Crippen molar-refractivity contribution < 1.29 is 18.3 Å². The molecule has 2 aromatic rings. The summed E-state index contributed by atoms with van der Waals surface area (Å²) in [5.74, 6) is -0.489. The van der Waals surface area contributed by atoms with Crippen LogP contribution in [0.4, 0.5) is 0 Å². The van der Waals surface area contributed by atoms with Gasteiger partial charge in [0.15, 0.2) is 0 Å². The van der Waals surface area contributed by atoms with Crippen molar-refractivity contribution in [3.63, 3.8) is 0 Å². The van der Waals surface area contributed by atoms with Crippen LogP contribution in [0.3, 0.4) is 0 Å². The first-order valence-electron chi connectivity index (χ1n) is 8.02. The van der Waals surface area contributed by atoms with E-state index in [-0.39, 0.29) is 31.1 Å². The third-order valence-corrected chi connectivity index (χ3v) is 5.70. The molecule has 2 N–H and O–H groups in total. The van der Waals surface area contributed by atoms with Gasteiger partial charge in [-0.25, -0.2) is 8.42 Å². The average Bonchev–Trinajstić information content (AvgIpc) is 2.60. The lowest BCUT2D eigenvalue weighted by atomic mass is 10.2. The average molecular weight is 397 g/mol. The molecule has 0 saturated carbocycles. The molecule has 0 spiro atoms. The molecule has 0 atom stereocenters. The van der Waals surface area contributed by atoms with Gasteiger partial charge in [-0.3, -0.25) is 4.79 Å². The number of rotatable bonds is 8. The third kappa shape index (κ3) is 5.54. The number of aliphatic hydroxyl groups is 1. The Morgan fingerprint density at radius 1 is 1.19 bits per heavy atom. The number of carbonyl (C=O) groups excluding carboxylic acids is 1. The van der Waals surface area contributed by atoms with Crippen LogP contribution < -0.4 is 5.32 Å². The summed E-state index contributed by atoms with van der Waals surface area (Å²) < 4.78 is 27.1. The Morgan fingerprint density at radius 2 is 1.88 bits per heavy atom. The van der Waals surface area contributed by atoms with E-state index in [9.17, 15) is 13.2 Å². The molecule has 0 aromatic heterocycles. The normalized spacial score (nSPS) is 11.5. The molecular formula is C18H21ClN2O4S. The van der Waals surface area contributed by atoms with Gasteiger partial charge in [-0.05, 0) is 36.8 Å². The molecule has 8 heteroatoms. The van der Waals surface area contributed by atoms with Crippen LogP contribution >= 0.6 is 11.6 Å². The number of aliphatic hydroxyl groups excluding tert-OH is 1. The smallest absolute Gasteiger partial charge is 0.243 e. The van der Waals surface area contributed by atoms with Gasteiger partial charge in [-0.15, -0.1) is 0 Å². The number of aryl methyl sites for hydroxylation is 1. The fourth-order valence-corrected chi connectivity index (χ4v) is 3.93. The van der Waals surface area contributed by atoms with Crippen LogP contribution in [0.25, 0.3) is 0 Å². The zero-order valence-electron chi connectivity index (χ0n) is 14.4. The number of nitrogens with zero attached hydrogens (tertiary/aromatic N) is 1. The minimum Gasteiger partial charge on any atom is -0.395 e. The van der Waals surface area contributed by atoms with Gasteiger partial charge in [0.1, 0.15) is 0 Å². The highest BCUT2D eigenvalue weighted by molar-refractivity contribution is 7.89. The topological polar surface area (TPSA) is 86.7 Å². The molecule has 0 aliphatic heterocycles. The summed E-state index contributed by atoms with van der Waals surface area (Å²) in [6.07, 6.45) is 0. The maximum atomic E-state index is 13.0. The van der Waals surface area contributed by atoms with Crippen LogP contribution in [0.15, 0.2) is 53.4 Å². The monoisotopic (exact) mass is 396 g/mol. The van der Waals surface area contributed by atoms with E-state index in [0.717, 1.165) is 9.87 Å². The number of nitrogens with one attached hydrogen (secondary N) is 1. The van der Waals surface area contributed by atoms with Crippen molar-refractivity contribution in [2.24, 2.45) is 0 Å². The Balaban J connectivity index is 2.32. The van der Waals surface area contributed by atoms with E-state index in [1.54, 1.807) is 36.4 Å². The highest BCUT2D eigenvalue weighted by Gasteiger charge is 2.26. The van der Waals surface area contributed by atoms with Gasteiger partial charge in [0, 0.05) is 18.1 Å². The Kier molecular flexibility index (Phi) is 7.16. The fraction of sp³-hybridized carbons (Fsp3) is 0.278. The molecule has 140 valence electrons. The summed E-state index contributed by atoms with van der Waals surface area (Å²) in [4.78, 5) is 12.2. The van der Waals surface area contributed by atoms with Gasteiger partial charge >= 0.3 is 0 Å². The van der Waals surface area contributed by atoms with Crippen molar-refractivity contribution in [2.75, 3.05) is 19.7 Å². The van der Waals surface area contributed by atoms with Crippen molar-refractivity contribution in [1.82, 2.24) is 9.62 Å². The Hall–Kier alpha value is -1.93. The van der Waals surface area contributed by atoms with E-state index in [4.69, 9.17) is 16.7 Å². The molecule has 0 radical (unpaired) electrons. The largest absolute Gasteiger partial charge is 0.395 e. The highest BCUT2D eigenvalue weighted by Crippen LogP contribution is 2.20. The molecule has 0 aliphatic carbocycles. The summed E-state index contributed by atoms with van der Waals surface area (Å²) in [7, 11) is -3.88. The summed E-state index contributed by atoms with van der Waals surface area (Å²) in [6, 6.07) is 13.3. The first kappa shape index (κ1) is 20.4. The van der Waals surface area contributed by atoms with Gasteiger partial charge in [0.2, 0.25) is 15.9 Å². The minimum atomic E-state index is -3.88. The second kappa shape index (κ2) is 9.14. The number of benzene rings is 2. The van der Waals surface area contributed by atoms with Crippen LogP contribution in [0.2, 0.25) is 5.02 Å². The lowest BCUT2D eigenvalue weighted by molar-refractivity contribution is -0.121. The first-order chi connectivity index (χ1) is 12.3. The number of carbonyl (C=O) groups is 1. The molecule has 0 fully saturated rings. The molecule has 6 nitrogen and oxygen atoms in total. The van der Waals surface area contributed by atoms with Gasteiger partial charge < -0.3 is 10.4 Å². The summed E-state index contributed by atoms with van der Waals surface area (Å²) in [6.45, 7) is 1.35. The minimum absolute atomic E-state index is 0.00329. The van der Waals surface area contributed by atoms with Crippen LogP contribution in [0.5, 0.6) is 0 Å². The van der Waals surface area contributed by atoms with Crippen molar-refractivity contribution in [2.45, 2.75) is 18.4 Å². The SMILES string of the molecule is Cc1ccc(S(=O)(=O)N(CC(=O)NCCO)Cc2cccc(Cl)c2)cc1. The lowest BCUT2D eigenvalue weighted by Gasteiger charge is -2.22. The number of sulfonamides is 1. The summed E-state index contributed by atoms with van der Waals surface area (Å²) in [5, 5.41) is 11.8. The van der Waals surface area contributed by atoms with Crippen LogP contribution in [-0.2, 0) is 21.4 Å². The zero-order valence-corrected chi connectivity index (χ0v) is 15.9. The molecule has 0 saturated heterocycles. The second-order valence-corrected chi connectivity index (χ2v) is 8.16. The lowest BCUT2D eigenvalue weighted by Crippen LogP contribution is -2.41. The molecular weight excluding hydrogens is 376 g/mol. The predicted molar refractivity (Wildman–Crippen MR) is 100 cm³/mol. The summed E-state index contributed by atoms with van der Waals surface area (Å²) in [5.41, 5.74) is 1.61. The number of halogens is 1. The number of amides is 1. The summed E-state index contributed by atoms with van der Waals surface area (Å²) >= 11 is 5.98. The van der Waals surface area contributed by atoms with Crippen molar-refractivity contribution in [3.05, 3.63) is 64.7 Å².